The number of carboxylic acids is 2. The van der Waals surface area contributed by atoms with Gasteiger partial charge in [-0.1, -0.05) is 20.8 Å². The zero-order valence-corrected chi connectivity index (χ0v) is 23.9. The third kappa shape index (κ3) is 4.90. The topological polar surface area (TPSA) is 174 Å². The molecule has 0 aromatic carbocycles. The summed E-state index contributed by atoms with van der Waals surface area (Å²) in [6.07, 6.45) is -0.533. The molecule has 5 rings (SSSR count). The molecule has 15 atom stereocenters. The van der Waals surface area contributed by atoms with Gasteiger partial charge in [0.1, 0.15) is 18.3 Å². The molecule has 0 amide bonds. The summed E-state index contributed by atoms with van der Waals surface area (Å²) in [7, 11) is 0. The SMILES string of the molecule is CC(CCC(=O)O)C1CCC2C3CCC4CC(OC5OC(C(=O)O)C(O)C(O)C5O)CCC4(C)C3CC(O)C12C. The molecule has 0 spiro atoms. The molecule has 1 aliphatic heterocycles. The van der Waals surface area contributed by atoms with E-state index in [2.05, 4.69) is 20.8 Å². The zero-order chi connectivity index (χ0) is 29.1. The Balaban J connectivity index is 1.26. The summed E-state index contributed by atoms with van der Waals surface area (Å²) < 4.78 is 11.4. The van der Waals surface area contributed by atoms with Crippen LogP contribution in [0.5, 0.6) is 0 Å². The predicted molar refractivity (Wildman–Crippen MR) is 142 cm³/mol. The Bertz CT molecular complexity index is 959. The molecule has 228 valence electrons. The first kappa shape index (κ1) is 30.2. The predicted octanol–water partition coefficient (Wildman–Crippen LogP) is 2.39. The van der Waals surface area contributed by atoms with E-state index in [1.807, 2.05) is 0 Å². The lowest BCUT2D eigenvalue weighted by Gasteiger charge is -2.62. The normalized spacial score (nSPS) is 51.3. The fourth-order valence-corrected chi connectivity index (χ4v) is 10.2. The van der Waals surface area contributed by atoms with E-state index in [-0.39, 0.29) is 29.3 Å². The number of hydrogen-bond acceptors (Lipinski definition) is 8. The van der Waals surface area contributed by atoms with Gasteiger partial charge in [0.15, 0.2) is 12.4 Å². The van der Waals surface area contributed by atoms with Crippen molar-refractivity contribution in [3.05, 3.63) is 0 Å². The number of rotatable bonds is 7. The van der Waals surface area contributed by atoms with Gasteiger partial charge in [-0.15, -0.1) is 0 Å². The molecule has 10 heteroatoms. The number of aliphatic hydroxyl groups excluding tert-OH is 4. The van der Waals surface area contributed by atoms with Crippen LogP contribution in [0.1, 0.15) is 85.0 Å². The van der Waals surface area contributed by atoms with Crippen LogP contribution in [0.3, 0.4) is 0 Å². The molecule has 0 aromatic heterocycles. The summed E-state index contributed by atoms with van der Waals surface area (Å²) in [5, 5.41) is 60.9. The van der Waals surface area contributed by atoms with Crippen molar-refractivity contribution in [2.75, 3.05) is 0 Å². The maximum Gasteiger partial charge on any atom is 0.335 e. The van der Waals surface area contributed by atoms with Crippen molar-refractivity contribution in [3.63, 3.8) is 0 Å². The minimum absolute atomic E-state index is 0.0312. The second-order valence-corrected chi connectivity index (χ2v) is 14.1. The van der Waals surface area contributed by atoms with Gasteiger partial charge in [0, 0.05) is 6.42 Å². The lowest BCUT2D eigenvalue weighted by Crippen LogP contribution is -2.61. The van der Waals surface area contributed by atoms with Crippen LogP contribution in [0.15, 0.2) is 0 Å². The van der Waals surface area contributed by atoms with Crippen LogP contribution in [0.2, 0.25) is 0 Å². The molecular weight excluding hydrogens is 520 g/mol. The molecule has 0 bridgehead atoms. The van der Waals surface area contributed by atoms with Gasteiger partial charge < -0.3 is 40.1 Å². The summed E-state index contributed by atoms with van der Waals surface area (Å²) >= 11 is 0. The molecular formula is C30H48O10. The van der Waals surface area contributed by atoms with Gasteiger partial charge in [-0.25, -0.2) is 4.79 Å². The van der Waals surface area contributed by atoms with Crippen LogP contribution >= 0.6 is 0 Å². The maximum atomic E-state index is 11.7. The fourth-order valence-electron chi connectivity index (χ4n) is 10.2. The number of carboxylic acid groups (broad SMARTS) is 2. The van der Waals surface area contributed by atoms with E-state index in [0.29, 0.717) is 42.4 Å². The molecule has 5 fully saturated rings. The van der Waals surface area contributed by atoms with E-state index in [1.165, 1.54) is 0 Å². The molecule has 0 radical (unpaired) electrons. The molecule has 0 aromatic rings. The van der Waals surface area contributed by atoms with E-state index >= 15 is 0 Å². The summed E-state index contributed by atoms with van der Waals surface area (Å²) in [6, 6.07) is 0. The monoisotopic (exact) mass is 568 g/mol. The van der Waals surface area contributed by atoms with E-state index in [1.54, 1.807) is 0 Å². The highest BCUT2D eigenvalue weighted by Crippen LogP contribution is 2.68. The second-order valence-electron chi connectivity index (χ2n) is 14.1. The van der Waals surface area contributed by atoms with Gasteiger partial charge in [0.05, 0.1) is 12.2 Å². The van der Waals surface area contributed by atoms with E-state index in [4.69, 9.17) is 9.47 Å². The smallest absolute Gasteiger partial charge is 0.335 e. The molecule has 4 aliphatic carbocycles. The van der Waals surface area contributed by atoms with Gasteiger partial charge in [0.25, 0.3) is 0 Å². The van der Waals surface area contributed by atoms with E-state index in [0.717, 1.165) is 44.9 Å². The van der Waals surface area contributed by atoms with Crippen LogP contribution in [-0.4, -0.2) is 85.5 Å². The molecule has 40 heavy (non-hydrogen) atoms. The van der Waals surface area contributed by atoms with Crippen LogP contribution < -0.4 is 0 Å². The Hall–Kier alpha value is -1.30. The zero-order valence-electron chi connectivity index (χ0n) is 23.9. The van der Waals surface area contributed by atoms with Crippen LogP contribution in [-0.2, 0) is 19.1 Å². The Morgan fingerprint density at radius 3 is 2.33 bits per heavy atom. The summed E-state index contributed by atoms with van der Waals surface area (Å²) in [6.45, 7) is 6.78. The average Bonchev–Trinajstić information content (AvgIpc) is 3.27. The van der Waals surface area contributed by atoms with Crippen LogP contribution in [0.4, 0.5) is 0 Å². The van der Waals surface area contributed by atoms with Gasteiger partial charge >= 0.3 is 11.9 Å². The van der Waals surface area contributed by atoms with Gasteiger partial charge in [-0.05, 0) is 104 Å². The van der Waals surface area contributed by atoms with Gasteiger partial charge in [0.2, 0.25) is 0 Å². The highest BCUT2D eigenvalue weighted by atomic mass is 16.7. The quantitative estimate of drug-likeness (QED) is 0.250. The molecule has 5 aliphatic rings. The van der Waals surface area contributed by atoms with E-state index in [9.17, 15) is 40.2 Å². The largest absolute Gasteiger partial charge is 0.481 e. The van der Waals surface area contributed by atoms with Gasteiger partial charge in [-0.3, -0.25) is 4.79 Å². The molecule has 6 N–H and O–H groups in total. The van der Waals surface area contributed by atoms with Crippen LogP contribution in [0.25, 0.3) is 0 Å². The number of ether oxygens (including phenoxy) is 2. The number of fused-ring (bicyclic) bond motifs is 5. The minimum atomic E-state index is -1.74. The molecule has 4 saturated carbocycles. The Kier molecular flexibility index (Phi) is 8.36. The summed E-state index contributed by atoms with van der Waals surface area (Å²) in [5.74, 6) is 0.0941. The van der Waals surface area contributed by atoms with Crippen molar-refractivity contribution in [1.82, 2.24) is 0 Å². The van der Waals surface area contributed by atoms with Gasteiger partial charge in [-0.2, -0.15) is 0 Å². The molecule has 1 saturated heterocycles. The first-order valence-corrected chi connectivity index (χ1v) is 15.3. The Morgan fingerprint density at radius 1 is 0.925 bits per heavy atom. The third-order valence-electron chi connectivity index (χ3n) is 12.4. The van der Waals surface area contributed by atoms with Crippen molar-refractivity contribution in [2.24, 2.45) is 46.3 Å². The first-order valence-electron chi connectivity index (χ1n) is 15.3. The highest BCUT2D eigenvalue weighted by molar-refractivity contribution is 5.73. The van der Waals surface area contributed by atoms with Crippen molar-refractivity contribution < 1.29 is 49.7 Å². The lowest BCUT2D eigenvalue weighted by molar-refractivity contribution is -0.310. The Morgan fingerprint density at radius 2 is 1.65 bits per heavy atom. The average molecular weight is 569 g/mol. The van der Waals surface area contributed by atoms with Crippen LogP contribution in [0, 0.1) is 46.3 Å². The third-order valence-corrected chi connectivity index (χ3v) is 12.4. The van der Waals surface area contributed by atoms with Crippen molar-refractivity contribution in [1.29, 1.82) is 0 Å². The Labute approximate surface area is 236 Å². The van der Waals surface area contributed by atoms with Crippen molar-refractivity contribution >= 4 is 11.9 Å². The lowest BCUT2D eigenvalue weighted by atomic mass is 9.43. The molecule has 10 nitrogen and oxygen atoms in total. The number of hydrogen-bond donors (Lipinski definition) is 6. The fraction of sp³-hybridized carbons (Fsp3) is 0.933. The second kappa shape index (κ2) is 11.1. The molecule has 15 unspecified atom stereocenters. The van der Waals surface area contributed by atoms with E-state index < -0.39 is 48.7 Å². The standard InChI is InChI=1S/C30H48O10/c1-14(4-9-22(32)33)18-7-8-19-17-6-5-15-12-16(10-11-29(15,2)20(17)13-21(31)30(18,19)3)39-28-25(36)23(34)24(35)26(40-28)27(37)38/h14-21,23-26,28,31,34-36H,4-13H2,1-3H3,(H,32,33)(H,37,38). The maximum absolute atomic E-state index is 11.7. The summed E-state index contributed by atoms with van der Waals surface area (Å²) in [5.41, 5.74) is -0.160. The minimum Gasteiger partial charge on any atom is -0.481 e. The first-order chi connectivity index (χ1) is 18.8. The van der Waals surface area contributed by atoms with Crippen molar-refractivity contribution in [2.45, 2.75) is 128 Å². The van der Waals surface area contributed by atoms with Crippen molar-refractivity contribution in [3.8, 4) is 0 Å². The number of aliphatic hydroxyl groups is 4. The summed E-state index contributed by atoms with van der Waals surface area (Å²) in [4.78, 5) is 22.7. The highest BCUT2D eigenvalue weighted by Gasteiger charge is 2.64. The number of carbonyl (C=O) groups is 2. The number of aliphatic carboxylic acids is 2. The molecule has 1 heterocycles.